The molecule has 0 saturated heterocycles. The summed E-state index contributed by atoms with van der Waals surface area (Å²) >= 11 is 0. The maximum absolute atomic E-state index is 13.1. The molecule has 3 atom stereocenters. The van der Waals surface area contributed by atoms with Crippen LogP contribution < -0.4 is 10.2 Å². The van der Waals surface area contributed by atoms with E-state index >= 15 is 0 Å². The van der Waals surface area contributed by atoms with Gasteiger partial charge in [-0.15, -0.1) is 0 Å². The molecule has 0 rings (SSSR count). The van der Waals surface area contributed by atoms with Gasteiger partial charge < -0.3 is 28.8 Å². The second-order valence-electron chi connectivity index (χ2n) is 27.3. The van der Waals surface area contributed by atoms with Crippen molar-refractivity contribution in [2.24, 2.45) is 0 Å². The van der Waals surface area contributed by atoms with Crippen LogP contribution >= 0.6 is 7.82 Å². The number of rotatable bonds is 71. The molecule has 93 heavy (non-hydrogen) atoms. The number of hydrogen-bond acceptors (Lipinski definition) is 6. The molecule has 0 saturated carbocycles. The van der Waals surface area contributed by atoms with Gasteiger partial charge in [-0.25, -0.2) is 0 Å². The number of phosphoric acid groups is 1. The van der Waals surface area contributed by atoms with Crippen LogP contribution in [0.2, 0.25) is 0 Å². The van der Waals surface area contributed by atoms with Gasteiger partial charge in [-0.2, -0.15) is 0 Å². The third kappa shape index (κ3) is 75.9. The van der Waals surface area contributed by atoms with Crippen LogP contribution in [0.25, 0.3) is 0 Å². The highest BCUT2D eigenvalue weighted by Gasteiger charge is 2.24. The summed E-state index contributed by atoms with van der Waals surface area (Å²) in [7, 11) is 1.28. The zero-order valence-corrected chi connectivity index (χ0v) is 62.3. The lowest BCUT2D eigenvalue weighted by molar-refractivity contribution is -0.870. The average molecular weight is 1310 g/mol. The van der Waals surface area contributed by atoms with E-state index in [2.05, 4.69) is 153 Å². The summed E-state index contributed by atoms with van der Waals surface area (Å²) in [4.78, 5) is 25.7. The smallest absolute Gasteiger partial charge is 0.268 e. The van der Waals surface area contributed by atoms with E-state index in [-0.39, 0.29) is 19.1 Å². The lowest BCUT2D eigenvalue weighted by atomic mass is 10.0. The molecule has 8 nitrogen and oxygen atoms in total. The SMILES string of the molecule is CC/C=C\C/C=C\C/C=C\C/C=C\C/C=C\C/C=C\C/C=C\C/C=C\C/C=C\C/C=C\C/C=C\CCCCCCCC(=O)NC(COP(=O)([O-])OCC[N+](C)(C)C)C(O)CCCCCCCCCCCCCCCCCCCCCCCCCCCCCCCCCC. The van der Waals surface area contributed by atoms with Gasteiger partial charge in [0, 0.05) is 6.42 Å². The van der Waals surface area contributed by atoms with Crippen LogP contribution in [-0.2, 0) is 18.4 Å². The van der Waals surface area contributed by atoms with E-state index in [1.165, 1.54) is 186 Å². The second-order valence-corrected chi connectivity index (χ2v) is 28.7. The van der Waals surface area contributed by atoms with Crippen molar-refractivity contribution in [1.29, 1.82) is 0 Å². The fourth-order valence-corrected chi connectivity index (χ4v) is 11.9. The van der Waals surface area contributed by atoms with Crippen molar-refractivity contribution < 1.29 is 32.9 Å². The number of carbonyl (C=O) groups excluding carboxylic acids is 1. The van der Waals surface area contributed by atoms with Crippen LogP contribution in [0.4, 0.5) is 0 Å². The number of aliphatic hydroxyl groups is 1. The Morgan fingerprint density at radius 1 is 0.387 bits per heavy atom. The van der Waals surface area contributed by atoms with E-state index in [9.17, 15) is 19.4 Å². The molecule has 0 aliphatic rings. The number of hydrogen-bond donors (Lipinski definition) is 2. The number of allylic oxidation sites excluding steroid dienone is 22. The molecule has 1 amide bonds. The number of nitrogens with zero attached hydrogens (tertiary/aromatic N) is 1. The largest absolute Gasteiger partial charge is 0.756 e. The van der Waals surface area contributed by atoms with Crippen molar-refractivity contribution in [3.05, 3.63) is 134 Å². The van der Waals surface area contributed by atoms with Crippen molar-refractivity contribution in [3.8, 4) is 0 Å². The number of likely N-dealkylation sites (N-methyl/N-ethyl adjacent to an activating group) is 1. The highest BCUT2D eigenvalue weighted by molar-refractivity contribution is 7.45. The summed E-state index contributed by atoms with van der Waals surface area (Å²) in [6.45, 7) is 4.62. The molecule has 0 aromatic heterocycles. The molecule has 3 unspecified atom stereocenters. The molecule has 0 radical (unpaired) electrons. The molecule has 9 heteroatoms. The van der Waals surface area contributed by atoms with Gasteiger partial charge in [-0.05, 0) is 96.3 Å². The highest BCUT2D eigenvalue weighted by atomic mass is 31.2. The maximum atomic E-state index is 13.1. The first-order chi connectivity index (χ1) is 45.5. The Kier molecular flexibility index (Phi) is 70.3. The normalized spacial score (nSPS) is 14.3. The van der Waals surface area contributed by atoms with E-state index in [4.69, 9.17) is 9.05 Å². The van der Waals surface area contributed by atoms with Crippen LogP contribution in [0.5, 0.6) is 0 Å². The number of unbranched alkanes of at least 4 members (excludes halogenated alkanes) is 36. The summed E-state index contributed by atoms with van der Waals surface area (Å²) in [5.74, 6) is -0.184. The van der Waals surface area contributed by atoms with Gasteiger partial charge in [-0.3, -0.25) is 9.36 Å². The molecule has 0 aliphatic heterocycles. The monoisotopic (exact) mass is 1310 g/mol. The fourth-order valence-electron chi connectivity index (χ4n) is 11.2. The Morgan fingerprint density at radius 2 is 0.656 bits per heavy atom. The standard InChI is InChI=1S/C84H149N2O6P/c1-6-8-10-12-14-16-18-20-22-24-26-28-30-32-34-36-38-40-41-42-43-44-45-46-48-50-52-54-56-58-60-62-64-66-68-70-72-74-76-78-84(88)85-82(81-92-93(89,90)91-80-79-86(3,4)5)83(87)77-75-73-71-69-67-65-63-61-59-57-55-53-51-49-47-39-37-35-33-31-29-27-25-23-21-19-17-15-13-11-9-7-2/h8,10,14,16,20,22,26,28,32,34,38,40,42-43,45-46,50,52,56,58,62,64,82-83,87H,6-7,9,11-13,15,17-19,21,23-25,27,29-31,33,35-37,39,41,44,47-49,51,53-55,57,59-61,63,65-81H2,1-5H3,(H-,85,88,89,90)/b10-8-,16-14-,22-20-,28-26-,34-32-,40-38-,43-42-,46-45-,52-50-,58-56-,64-62-. The van der Waals surface area contributed by atoms with Gasteiger partial charge >= 0.3 is 0 Å². The lowest BCUT2D eigenvalue weighted by Gasteiger charge is -2.30. The minimum absolute atomic E-state index is 0.00198. The molecule has 536 valence electrons. The van der Waals surface area contributed by atoms with Gasteiger partial charge in [0.15, 0.2) is 0 Å². The molecule has 0 bridgehead atoms. The molecule has 0 aliphatic carbocycles. The van der Waals surface area contributed by atoms with Crippen molar-refractivity contribution in [2.75, 3.05) is 40.9 Å². The number of aliphatic hydroxyl groups excluding tert-OH is 1. The molecule has 0 fully saturated rings. The zero-order valence-electron chi connectivity index (χ0n) is 61.4. The van der Waals surface area contributed by atoms with Gasteiger partial charge in [-0.1, -0.05) is 372 Å². The van der Waals surface area contributed by atoms with E-state index in [0.29, 0.717) is 23.9 Å². The van der Waals surface area contributed by atoms with Crippen LogP contribution in [0.1, 0.15) is 341 Å². The van der Waals surface area contributed by atoms with Crippen molar-refractivity contribution in [3.63, 3.8) is 0 Å². The Balaban J connectivity index is 4.09. The van der Waals surface area contributed by atoms with E-state index in [1.54, 1.807) is 0 Å². The lowest BCUT2D eigenvalue weighted by Crippen LogP contribution is -2.46. The molecule has 0 spiro atoms. The van der Waals surface area contributed by atoms with Gasteiger partial charge in [0.05, 0.1) is 39.9 Å². The summed E-state index contributed by atoms with van der Waals surface area (Å²) in [6, 6.07) is -0.824. The third-order valence-electron chi connectivity index (χ3n) is 17.2. The van der Waals surface area contributed by atoms with Gasteiger partial charge in [0.25, 0.3) is 7.82 Å². The molecule has 0 aromatic carbocycles. The first-order valence-electron chi connectivity index (χ1n) is 39.0. The zero-order chi connectivity index (χ0) is 67.6. The molecule has 2 N–H and O–H groups in total. The predicted molar refractivity (Wildman–Crippen MR) is 408 cm³/mol. The summed E-state index contributed by atoms with van der Waals surface area (Å²) in [5.41, 5.74) is 0. The molecule has 0 aromatic rings. The third-order valence-corrected chi connectivity index (χ3v) is 18.1. The molecular weight excluding hydrogens is 1160 g/mol. The van der Waals surface area contributed by atoms with Crippen molar-refractivity contribution in [2.45, 2.75) is 353 Å². The Bertz CT molecular complexity index is 1990. The topological polar surface area (TPSA) is 108 Å². The molecule has 0 heterocycles. The molecular formula is C84H149N2O6P. The summed E-state index contributed by atoms with van der Waals surface area (Å²) in [6.07, 6.45) is 110. The number of amides is 1. The quantitative estimate of drug-likeness (QED) is 0.0272. The maximum Gasteiger partial charge on any atom is 0.268 e. The number of phosphoric ester groups is 1. The van der Waals surface area contributed by atoms with E-state index < -0.39 is 20.0 Å². The predicted octanol–water partition coefficient (Wildman–Crippen LogP) is 25.1. The van der Waals surface area contributed by atoms with Gasteiger partial charge in [0.1, 0.15) is 13.2 Å². The van der Waals surface area contributed by atoms with Crippen LogP contribution in [0.15, 0.2) is 134 Å². The van der Waals surface area contributed by atoms with Crippen LogP contribution in [-0.4, -0.2) is 68.5 Å². The van der Waals surface area contributed by atoms with Crippen molar-refractivity contribution in [1.82, 2.24) is 5.32 Å². The highest BCUT2D eigenvalue weighted by Crippen LogP contribution is 2.38. The van der Waals surface area contributed by atoms with Gasteiger partial charge in [0.2, 0.25) is 5.91 Å². The number of carbonyl (C=O) groups is 1. The van der Waals surface area contributed by atoms with Crippen LogP contribution in [0.3, 0.4) is 0 Å². The fraction of sp³-hybridized carbons (Fsp3) is 0.726. The Hall–Kier alpha value is -3.36. The second kappa shape index (κ2) is 72.9. The minimum atomic E-state index is -4.60. The summed E-state index contributed by atoms with van der Waals surface area (Å²) < 4.78 is 23.6. The van der Waals surface area contributed by atoms with E-state index in [1.807, 2.05) is 21.1 Å². The average Bonchev–Trinajstić information content (AvgIpc) is 1.94. The first-order valence-corrected chi connectivity index (χ1v) is 40.5. The summed E-state index contributed by atoms with van der Waals surface area (Å²) in [5, 5.41) is 14.1. The first kappa shape index (κ1) is 89.6. The number of nitrogens with one attached hydrogen (secondary N) is 1. The number of quaternary nitrogens is 1. The van der Waals surface area contributed by atoms with E-state index in [0.717, 1.165) is 128 Å². The van der Waals surface area contributed by atoms with Crippen LogP contribution in [0, 0.1) is 0 Å². The Labute approximate surface area is 576 Å². The van der Waals surface area contributed by atoms with Crippen molar-refractivity contribution >= 4 is 13.7 Å². The minimum Gasteiger partial charge on any atom is -0.756 e. The Morgan fingerprint density at radius 3 is 0.957 bits per heavy atom.